The second kappa shape index (κ2) is 7.85. The Hall–Kier alpha value is -2.13. The number of likely N-dealkylation sites (tertiary alicyclic amines) is 2. The maximum Gasteiger partial charge on any atom is 0.320 e. The molecule has 0 bridgehead atoms. The molecule has 3 amide bonds. The van der Waals surface area contributed by atoms with Crippen LogP contribution in [0.15, 0.2) is 23.1 Å². The van der Waals surface area contributed by atoms with Crippen molar-refractivity contribution in [2.24, 2.45) is 11.1 Å². The van der Waals surface area contributed by atoms with Crippen molar-refractivity contribution in [1.29, 1.82) is 0 Å². The molecule has 0 radical (unpaired) electrons. The zero-order valence-electron chi connectivity index (χ0n) is 15.5. The van der Waals surface area contributed by atoms with E-state index in [9.17, 15) is 18.0 Å². The maximum absolute atomic E-state index is 12.7. The molecule has 2 heterocycles. The summed E-state index contributed by atoms with van der Waals surface area (Å²) < 4.78 is 23.3. The predicted molar refractivity (Wildman–Crippen MR) is 102 cm³/mol. The number of amides is 3. The van der Waals surface area contributed by atoms with Crippen molar-refractivity contribution in [1.82, 2.24) is 9.80 Å². The van der Waals surface area contributed by atoms with Gasteiger partial charge in [-0.05, 0) is 50.3 Å². The molecule has 1 atom stereocenters. The van der Waals surface area contributed by atoms with Gasteiger partial charge in [0.25, 0.3) is 0 Å². The Labute approximate surface area is 159 Å². The lowest BCUT2D eigenvalue weighted by atomic mass is 9.97. The topological polar surface area (TPSA) is 113 Å². The largest absolute Gasteiger partial charge is 0.326 e. The van der Waals surface area contributed by atoms with Crippen molar-refractivity contribution >= 4 is 27.6 Å². The Morgan fingerprint density at radius 2 is 1.78 bits per heavy atom. The summed E-state index contributed by atoms with van der Waals surface area (Å²) in [5.41, 5.74) is 0.910. The average Bonchev–Trinajstić information content (AvgIpc) is 3.16. The van der Waals surface area contributed by atoms with E-state index in [4.69, 9.17) is 5.14 Å². The molecule has 0 aliphatic carbocycles. The van der Waals surface area contributed by atoms with E-state index in [2.05, 4.69) is 5.32 Å². The van der Waals surface area contributed by atoms with Crippen molar-refractivity contribution in [3.63, 3.8) is 0 Å². The molecule has 2 aliphatic heterocycles. The second-order valence-electron chi connectivity index (χ2n) is 7.28. The van der Waals surface area contributed by atoms with Crippen LogP contribution in [-0.2, 0) is 14.8 Å². The fraction of sp³-hybridized carbons (Fsp3) is 0.556. The van der Waals surface area contributed by atoms with Gasteiger partial charge < -0.3 is 15.1 Å². The fourth-order valence-electron chi connectivity index (χ4n) is 3.70. The zero-order chi connectivity index (χ0) is 19.6. The molecular weight excluding hydrogens is 368 g/mol. The van der Waals surface area contributed by atoms with E-state index in [1.54, 1.807) is 24.0 Å². The van der Waals surface area contributed by atoms with Crippen LogP contribution in [0.5, 0.6) is 0 Å². The molecule has 1 aromatic rings. The Morgan fingerprint density at radius 3 is 2.44 bits per heavy atom. The summed E-state index contributed by atoms with van der Waals surface area (Å²) in [5.74, 6) is -0.525. The number of carbonyl (C=O) groups excluding carboxylic acids is 2. The number of urea groups is 1. The summed E-state index contributed by atoms with van der Waals surface area (Å²) in [5, 5.41) is 7.99. The van der Waals surface area contributed by atoms with Gasteiger partial charge in [-0.25, -0.2) is 18.4 Å². The number of sulfonamides is 1. The quantitative estimate of drug-likeness (QED) is 0.809. The number of carbonyl (C=O) groups is 2. The molecule has 2 fully saturated rings. The van der Waals surface area contributed by atoms with E-state index in [1.165, 1.54) is 6.07 Å². The van der Waals surface area contributed by atoms with Crippen LogP contribution in [0.3, 0.4) is 0 Å². The molecule has 1 aromatic carbocycles. The number of primary sulfonamides is 1. The van der Waals surface area contributed by atoms with Gasteiger partial charge in [-0.3, -0.25) is 4.79 Å². The van der Waals surface area contributed by atoms with Crippen molar-refractivity contribution in [2.75, 3.05) is 31.5 Å². The molecule has 1 unspecified atom stereocenters. The molecule has 148 valence electrons. The van der Waals surface area contributed by atoms with Crippen molar-refractivity contribution in [3.05, 3.63) is 23.8 Å². The summed E-state index contributed by atoms with van der Waals surface area (Å²) in [6.45, 7) is 4.26. The fourth-order valence-corrected chi connectivity index (χ4v) is 4.51. The highest BCUT2D eigenvalue weighted by Gasteiger charge is 2.31. The molecule has 9 heteroatoms. The Kier molecular flexibility index (Phi) is 5.71. The number of nitrogens with two attached hydrogens (primary N) is 1. The minimum atomic E-state index is -3.86. The summed E-state index contributed by atoms with van der Waals surface area (Å²) in [6.07, 6.45) is 3.53. The Balaban J connectivity index is 1.66. The first-order valence-corrected chi connectivity index (χ1v) is 10.8. The van der Waals surface area contributed by atoms with Crippen LogP contribution in [-0.4, -0.2) is 56.3 Å². The van der Waals surface area contributed by atoms with E-state index in [1.807, 2.05) is 4.90 Å². The molecule has 8 nitrogen and oxygen atoms in total. The number of nitrogens with one attached hydrogen (secondary N) is 1. The molecule has 27 heavy (non-hydrogen) atoms. The average molecular weight is 394 g/mol. The van der Waals surface area contributed by atoms with Crippen molar-refractivity contribution in [3.8, 4) is 0 Å². The molecule has 3 N–H and O–H groups in total. The molecule has 0 spiro atoms. The first-order valence-electron chi connectivity index (χ1n) is 9.24. The standard InChI is InChI=1S/C18H26N4O4S/c1-13-6-7-15(11-16(13)27(19,25)26)20-17(23)14-5-4-10-22(12-14)18(24)21-8-2-3-9-21/h6-7,11,14H,2-5,8-10,12H2,1H3,(H,20,23)(H2,19,25,26). The van der Waals surface area contributed by atoms with Crippen LogP contribution < -0.4 is 10.5 Å². The molecular formula is C18H26N4O4S. The number of nitrogens with zero attached hydrogens (tertiary/aromatic N) is 2. The first-order chi connectivity index (χ1) is 12.8. The molecule has 0 aromatic heterocycles. The lowest BCUT2D eigenvalue weighted by Crippen LogP contribution is -2.48. The Bertz CT molecular complexity index is 834. The predicted octanol–water partition coefficient (Wildman–Crippen LogP) is 1.51. The zero-order valence-corrected chi connectivity index (χ0v) is 16.3. The Morgan fingerprint density at radius 1 is 1.11 bits per heavy atom. The van der Waals surface area contributed by atoms with Crippen LogP contribution in [0.25, 0.3) is 0 Å². The van der Waals surface area contributed by atoms with Crippen LogP contribution in [0, 0.1) is 12.8 Å². The van der Waals surface area contributed by atoms with Crippen molar-refractivity contribution in [2.45, 2.75) is 37.5 Å². The summed E-state index contributed by atoms with van der Waals surface area (Å²) in [6, 6.07) is 4.65. The van der Waals surface area contributed by atoms with Gasteiger partial charge in [-0.2, -0.15) is 0 Å². The lowest BCUT2D eigenvalue weighted by molar-refractivity contribution is -0.121. The van der Waals surface area contributed by atoms with E-state index in [0.29, 0.717) is 30.8 Å². The number of hydrogen-bond donors (Lipinski definition) is 2. The van der Waals surface area contributed by atoms with Gasteiger partial charge >= 0.3 is 6.03 Å². The number of benzene rings is 1. The third-order valence-corrected chi connectivity index (χ3v) is 6.25. The number of aryl methyl sites for hydroxylation is 1. The van der Waals surface area contributed by atoms with Gasteiger partial charge in [0.2, 0.25) is 15.9 Å². The van der Waals surface area contributed by atoms with Crippen molar-refractivity contribution < 1.29 is 18.0 Å². The maximum atomic E-state index is 12.7. The third-order valence-electron chi connectivity index (χ3n) is 5.20. The number of anilines is 1. The van der Waals surface area contributed by atoms with Gasteiger partial charge in [-0.1, -0.05) is 6.07 Å². The lowest BCUT2D eigenvalue weighted by Gasteiger charge is -2.34. The summed E-state index contributed by atoms with van der Waals surface area (Å²) in [4.78, 5) is 28.8. The molecule has 3 rings (SSSR count). The number of hydrogen-bond acceptors (Lipinski definition) is 4. The van der Waals surface area contributed by atoms with E-state index >= 15 is 0 Å². The minimum Gasteiger partial charge on any atom is -0.326 e. The SMILES string of the molecule is Cc1ccc(NC(=O)C2CCCN(C(=O)N3CCCC3)C2)cc1S(N)(=O)=O. The second-order valence-corrected chi connectivity index (χ2v) is 8.81. The molecule has 2 aliphatic rings. The summed E-state index contributed by atoms with van der Waals surface area (Å²) in [7, 11) is -3.86. The highest BCUT2D eigenvalue weighted by Crippen LogP contribution is 2.23. The normalized spacial score (nSPS) is 20.6. The highest BCUT2D eigenvalue weighted by atomic mass is 32.2. The van der Waals surface area contributed by atoms with Crippen LogP contribution in [0.2, 0.25) is 0 Å². The first kappa shape index (κ1) is 19.6. The van der Waals surface area contributed by atoms with Crippen LogP contribution >= 0.6 is 0 Å². The van der Waals surface area contributed by atoms with Gasteiger partial charge in [0.1, 0.15) is 0 Å². The van der Waals surface area contributed by atoms with Gasteiger partial charge in [-0.15, -0.1) is 0 Å². The van der Waals surface area contributed by atoms with Gasteiger partial charge in [0.15, 0.2) is 0 Å². The number of piperidine rings is 1. The smallest absolute Gasteiger partial charge is 0.320 e. The third kappa shape index (κ3) is 4.59. The van der Waals surface area contributed by atoms with E-state index in [-0.39, 0.29) is 22.8 Å². The van der Waals surface area contributed by atoms with Gasteiger partial charge in [0, 0.05) is 31.9 Å². The molecule has 0 saturated carbocycles. The van der Waals surface area contributed by atoms with Gasteiger partial charge in [0.05, 0.1) is 10.8 Å². The summed E-state index contributed by atoms with van der Waals surface area (Å²) >= 11 is 0. The van der Waals surface area contributed by atoms with E-state index < -0.39 is 10.0 Å². The highest BCUT2D eigenvalue weighted by molar-refractivity contribution is 7.89. The monoisotopic (exact) mass is 394 g/mol. The minimum absolute atomic E-state index is 0.00483. The van der Waals surface area contributed by atoms with Crippen LogP contribution in [0.1, 0.15) is 31.2 Å². The number of rotatable bonds is 3. The molecule has 2 saturated heterocycles. The van der Waals surface area contributed by atoms with E-state index in [0.717, 1.165) is 32.4 Å². The van der Waals surface area contributed by atoms with Crippen LogP contribution in [0.4, 0.5) is 10.5 Å².